The van der Waals surface area contributed by atoms with E-state index in [0.717, 1.165) is 5.56 Å². The van der Waals surface area contributed by atoms with Gasteiger partial charge in [-0.1, -0.05) is 35.9 Å². The Hall–Kier alpha value is -2.20. The lowest BCUT2D eigenvalue weighted by Crippen LogP contribution is -2.28. The first-order chi connectivity index (χ1) is 9.58. The first-order valence-corrected chi connectivity index (χ1v) is 6.35. The van der Waals surface area contributed by atoms with Gasteiger partial charge in [0.2, 0.25) is 0 Å². The second kappa shape index (κ2) is 6.30. The minimum Gasteiger partial charge on any atom is -0.386 e. The summed E-state index contributed by atoms with van der Waals surface area (Å²) in [5, 5.41) is 12.5. The van der Waals surface area contributed by atoms with E-state index in [0.29, 0.717) is 5.56 Å². The van der Waals surface area contributed by atoms with E-state index in [1.54, 1.807) is 24.3 Å². The minimum absolute atomic E-state index is 0.0341. The highest BCUT2D eigenvalue weighted by molar-refractivity contribution is 5.94. The predicted molar refractivity (Wildman–Crippen MR) is 74.9 cm³/mol. The Morgan fingerprint density at radius 1 is 1.20 bits per heavy atom. The van der Waals surface area contributed by atoms with Crippen molar-refractivity contribution < 1.29 is 14.3 Å². The van der Waals surface area contributed by atoms with Gasteiger partial charge in [0.05, 0.1) is 6.10 Å². The van der Waals surface area contributed by atoms with Crippen LogP contribution in [0.25, 0.3) is 0 Å². The van der Waals surface area contributed by atoms with Gasteiger partial charge in [0, 0.05) is 17.7 Å². The fourth-order valence-electron chi connectivity index (χ4n) is 1.85. The summed E-state index contributed by atoms with van der Waals surface area (Å²) < 4.78 is 13.5. The molecule has 0 fully saturated rings. The Bertz CT molecular complexity index is 596. The maximum Gasteiger partial charge on any atom is 0.251 e. The van der Waals surface area contributed by atoms with Crippen molar-refractivity contribution in [3.63, 3.8) is 0 Å². The zero-order valence-electron chi connectivity index (χ0n) is 11.1. The smallest absolute Gasteiger partial charge is 0.251 e. The number of aliphatic hydroxyl groups is 1. The van der Waals surface area contributed by atoms with E-state index in [4.69, 9.17) is 0 Å². The van der Waals surface area contributed by atoms with Crippen LogP contribution in [0, 0.1) is 12.7 Å². The molecule has 2 rings (SSSR count). The lowest BCUT2D eigenvalue weighted by Gasteiger charge is -2.13. The predicted octanol–water partition coefficient (Wildman–Crippen LogP) is 2.60. The average Bonchev–Trinajstić information content (AvgIpc) is 2.45. The summed E-state index contributed by atoms with van der Waals surface area (Å²) in [5.41, 5.74) is 1.75. The second-order valence-electron chi connectivity index (χ2n) is 4.61. The number of halogens is 1. The van der Waals surface area contributed by atoms with Gasteiger partial charge in [-0.25, -0.2) is 4.39 Å². The van der Waals surface area contributed by atoms with Crippen molar-refractivity contribution in [2.75, 3.05) is 6.54 Å². The van der Waals surface area contributed by atoms with Gasteiger partial charge in [-0.15, -0.1) is 0 Å². The molecule has 104 valence electrons. The van der Waals surface area contributed by atoms with Crippen LogP contribution >= 0.6 is 0 Å². The van der Waals surface area contributed by atoms with Crippen LogP contribution in [0.3, 0.4) is 0 Å². The normalized spacial score (nSPS) is 11.9. The molecular weight excluding hydrogens is 257 g/mol. The molecule has 2 N–H and O–H groups in total. The van der Waals surface area contributed by atoms with Crippen molar-refractivity contribution in [3.8, 4) is 0 Å². The number of rotatable bonds is 4. The molecule has 0 aromatic heterocycles. The van der Waals surface area contributed by atoms with E-state index in [9.17, 15) is 14.3 Å². The monoisotopic (exact) mass is 273 g/mol. The molecule has 0 radical (unpaired) electrons. The molecule has 0 bridgehead atoms. The maximum absolute atomic E-state index is 13.5. The molecule has 3 nitrogen and oxygen atoms in total. The summed E-state index contributed by atoms with van der Waals surface area (Å²) in [4.78, 5) is 11.9. The van der Waals surface area contributed by atoms with Gasteiger partial charge in [-0.2, -0.15) is 0 Å². The van der Waals surface area contributed by atoms with E-state index in [1.165, 1.54) is 12.1 Å². The number of hydrogen-bond donors (Lipinski definition) is 2. The summed E-state index contributed by atoms with van der Waals surface area (Å²) in [6.45, 7) is 1.90. The van der Waals surface area contributed by atoms with E-state index in [-0.39, 0.29) is 18.0 Å². The molecule has 0 aliphatic rings. The molecule has 0 saturated heterocycles. The summed E-state index contributed by atoms with van der Waals surface area (Å²) in [7, 11) is 0. The quantitative estimate of drug-likeness (QED) is 0.899. The standard InChI is InChI=1S/C16H16FNO2/c1-11-6-8-12(9-7-11)16(20)18-10-15(19)13-4-2-3-5-14(13)17/h2-9,15,19H,10H2,1H3,(H,18,20). The number of aliphatic hydroxyl groups excluding tert-OH is 1. The van der Waals surface area contributed by atoms with Gasteiger partial charge >= 0.3 is 0 Å². The van der Waals surface area contributed by atoms with Crippen molar-refractivity contribution in [1.29, 1.82) is 0 Å². The van der Waals surface area contributed by atoms with E-state index >= 15 is 0 Å². The first kappa shape index (κ1) is 14.2. The van der Waals surface area contributed by atoms with Crippen LogP contribution in [0.15, 0.2) is 48.5 Å². The topological polar surface area (TPSA) is 49.3 Å². The number of carbonyl (C=O) groups is 1. The Morgan fingerprint density at radius 3 is 2.50 bits per heavy atom. The molecule has 0 aliphatic carbocycles. The van der Waals surface area contributed by atoms with Gasteiger partial charge in [0.25, 0.3) is 5.91 Å². The molecule has 1 atom stereocenters. The zero-order chi connectivity index (χ0) is 14.5. The molecule has 0 spiro atoms. The summed E-state index contributed by atoms with van der Waals surface area (Å²) in [6, 6.07) is 13.1. The highest BCUT2D eigenvalue weighted by Gasteiger charge is 2.13. The summed E-state index contributed by atoms with van der Waals surface area (Å²) in [6.07, 6.45) is -1.06. The van der Waals surface area contributed by atoms with Gasteiger partial charge < -0.3 is 10.4 Å². The fraction of sp³-hybridized carbons (Fsp3) is 0.188. The van der Waals surface area contributed by atoms with Crippen molar-refractivity contribution in [2.45, 2.75) is 13.0 Å². The van der Waals surface area contributed by atoms with Gasteiger partial charge in [-0.05, 0) is 25.1 Å². The second-order valence-corrected chi connectivity index (χ2v) is 4.61. The number of nitrogens with one attached hydrogen (secondary N) is 1. The van der Waals surface area contributed by atoms with Crippen LogP contribution in [0.2, 0.25) is 0 Å². The van der Waals surface area contributed by atoms with Crippen LogP contribution in [-0.4, -0.2) is 17.6 Å². The maximum atomic E-state index is 13.5. The Morgan fingerprint density at radius 2 is 1.85 bits per heavy atom. The van der Waals surface area contributed by atoms with E-state index < -0.39 is 11.9 Å². The van der Waals surface area contributed by atoms with Gasteiger partial charge in [0.1, 0.15) is 5.82 Å². The molecule has 20 heavy (non-hydrogen) atoms. The molecule has 1 amide bonds. The molecule has 2 aromatic carbocycles. The molecule has 2 aromatic rings. The van der Waals surface area contributed by atoms with Crippen LogP contribution in [0.4, 0.5) is 4.39 Å². The number of benzene rings is 2. The molecule has 4 heteroatoms. The third-order valence-electron chi connectivity index (χ3n) is 3.03. The number of aryl methyl sites for hydroxylation is 1. The Kier molecular flexibility index (Phi) is 4.48. The minimum atomic E-state index is -1.06. The Balaban J connectivity index is 1.97. The number of amides is 1. The molecular formula is C16H16FNO2. The van der Waals surface area contributed by atoms with Gasteiger partial charge in [0.15, 0.2) is 0 Å². The lowest BCUT2D eigenvalue weighted by atomic mass is 10.1. The lowest BCUT2D eigenvalue weighted by molar-refractivity contribution is 0.0914. The number of carbonyl (C=O) groups excluding carboxylic acids is 1. The van der Waals surface area contributed by atoms with Crippen molar-refractivity contribution in [1.82, 2.24) is 5.32 Å². The largest absolute Gasteiger partial charge is 0.386 e. The van der Waals surface area contributed by atoms with E-state index in [1.807, 2.05) is 19.1 Å². The Labute approximate surface area is 117 Å². The average molecular weight is 273 g/mol. The molecule has 1 unspecified atom stereocenters. The van der Waals surface area contributed by atoms with Crippen molar-refractivity contribution in [3.05, 3.63) is 71.0 Å². The third-order valence-corrected chi connectivity index (χ3v) is 3.03. The molecule has 0 saturated carbocycles. The first-order valence-electron chi connectivity index (χ1n) is 6.35. The summed E-state index contributed by atoms with van der Waals surface area (Å²) >= 11 is 0. The highest BCUT2D eigenvalue weighted by atomic mass is 19.1. The van der Waals surface area contributed by atoms with Crippen LogP contribution < -0.4 is 5.32 Å². The van der Waals surface area contributed by atoms with Crippen molar-refractivity contribution >= 4 is 5.91 Å². The van der Waals surface area contributed by atoms with Crippen LogP contribution in [-0.2, 0) is 0 Å². The summed E-state index contributed by atoms with van der Waals surface area (Å²) in [5.74, 6) is -0.773. The SMILES string of the molecule is Cc1ccc(C(=O)NCC(O)c2ccccc2F)cc1. The third kappa shape index (κ3) is 3.42. The van der Waals surface area contributed by atoms with Crippen molar-refractivity contribution in [2.24, 2.45) is 0 Å². The molecule has 0 heterocycles. The number of hydrogen-bond acceptors (Lipinski definition) is 2. The van der Waals surface area contributed by atoms with Gasteiger partial charge in [-0.3, -0.25) is 4.79 Å². The fourth-order valence-corrected chi connectivity index (χ4v) is 1.85. The van der Waals surface area contributed by atoms with Crippen LogP contribution in [0.1, 0.15) is 27.6 Å². The van der Waals surface area contributed by atoms with Crippen LogP contribution in [0.5, 0.6) is 0 Å². The molecule has 0 aliphatic heterocycles. The highest BCUT2D eigenvalue weighted by Crippen LogP contribution is 2.15. The van der Waals surface area contributed by atoms with E-state index in [2.05, 4.69) is 5.32 Å². The zero-order valence-corrected chi connectivity index (χ0v) is 11.1.